The maximum absolute atomic E-state index is 9.98. The Kier molecular flexibility index (Phi) is 5.86. The molecule has 0 aromatic heterocycles. The molecular formula is C17H29NO. The van der Waals surface area contributed by atoms with E-state index in [4.69, 9.17) is 0 Å². The fourth-order valence-corrected chi connectivity index (χ4v) is 2.68. The van der Waals surface area contributed by atoms with Crippen LogP contribution in [0.15, 0.2) is 18.2 Å². The van der Waals surface area contributed by atoms with Gasteiger partial charge in [-0.25, -0.2) is 0 Å². The van der Waals surface area contributed by atoms with Crippen LogP contribution >= 0.6 is 0 Å². The first-order chi connectivity index (χ1) is 8.82. The molecule has 0 amide bonds. The van der Waals surface area contributed by atoms with Crippen LogP contribution in [0.4, 0.5) is 0 Å². The number of hydrogen-bond acceptors (Lipinski definition) is 2. The zero-order valence-electron chi connectivity index (χ0n) is 13.3. The van der Waals surface area contributed by atoms with E-state index < -0.39 is 0 Å². The van der Waals surface area contributed by atoms with Gasteiger partial charge in [-0.1, -0.05) is 24.6 Å². The van der Waals surface area contributed by atoms with Crippen molar-refractivity contribution in [1.29, 1.82) is 0 Å². The number of rotatable bonds is 6. The summed E-state index contributed by atoms with van der Waals surface area (Å²) >= 11 is 0. The molecule has 1 rings (SSSR count). The largest absolute Gasteiger partial charge is 0.508 e. The highest BCUT2D eigenvalue weighted by Crippen LogP contribution is 2.29. The lowest BCUT2D eigenvalue weighted by Crippen LogP contribution is -2.38. The number of phenolic OH excluding ortho intramolecular Hbond substituents is 1. The van der Waals surface area contributed by atoms with Crippen LogP contribution in [0.5, 0.6) is 5.75 Å². The van der Waals surface area contributed by atoms with Crippen molar-refractivity contribution in [3.8, 4) is 5.75 Å². The Morgan fingerprint density at radius 2 is 1.63 bits per heavy atom. The monoisotopic (exact) mass is 263 g/mol. The lowest BCUT2D eigenvalue weighted by atomic mass is 9.94. The molecule has 0 aliphatic rings. The SMILES string of the molecule is Cc1ccc(O)c(C(C)CCN(C(C)C)C(C)C)c1. The number of aromatic hydroxyl groups is 1. The molecule has 0 bridgehead atoms. The van der Waals surface area contributed by atoms with Crippen LogP contribution < -0.4 is 0 Å². The molecule has 0 spiro atoms. The molecule has 0 saturated carbocycles. The lowest BCUT2D eigenvalue weighted by Gasteiger charge is -2.31. The van der Waals surface area contributed by atoms with Crippen molar-refractivity contribution in [2.45, 2.75) is 66.0 Å². The van der Waals surface area contributed by atoms with Gasteiger partial charge in [-0.2, -0.15) is 0 Å². The highest BCUT2D eigenvalue weighted by molar-refractivity contribution is 5.37. The molecule has 0 fully saturated rings. The van der Waals surface area contributed by atoms with E-state index in [1.54, 1.807) is 0 Å². The first-order valence-corrected chi connectivity index (χ1v) is 7.38. The van der Waals surface area contributed by atoms with E-state index in [2.05, 4.69) is 52.5 Å². The smallest absolute Gasteiger partial charge is 0.119 e. The molecule has 108 valence electrons. The van der Waals surface area contributed by atoms with Gasteiger partial charge in [0.05, 0.1) is 0 Å². The zero-order chi connectivity index (χ0) is 14.6. The Bertz CT molecular complexity index is 390. The molecule has 1 N–H and O–H groups in total. The molecular weight excluding hydrogens is 234 g/mol. The molecule has 2 heteroatoms. The molecule has 19 heavy (non-hydrogen) atoms. The summed E-state index contributed by atoms with van der Waals surface area (Å²) in [5.41, 5.74) is 2.29. The van der Waals surface area contributed by atoms with Crippen molar-refractivity contribution in [2.75, 3.05) is 6.54 Å². The predicted octanol–water partition coefficient (Wildman–Crippen LogP) is 4.31. The van der Waals surface area contributed by atoms with Gasteiger partial charge in [-0.3, -0.25) is 4.90 Å². The number of hydrogen-bond donors (Lipinski definition) is 1. The average molecular weight is 263 g/mol. The first kappa shape index (κ1) is 16.0. The predicted molar refractivity (Wildman–Crippen MR) is 82.9 cm³/mol. The first-order valence-electron chi connectivity index (χ1n) is 7.38. The quantitative estimate of drug-likeness (QED) is 0.826. The average Bonchev–Trinajstić information content (AvgIpc) is 2.31. The van der Waals surface area contributed by atoms with E-state index in [0.717, 1.165) is 18.5 Å². The summed E-state index contributed by atoms with van der Waals surface area (Å²) in [6, 6.07) is 7.01. The fourth-order valence-electron chi connectivity index (χ4n) is 2.68. The zero-order valence-corrected chi connectivity index (χ0v) is 13.3. The van der Waals surface area contributed by atoms with Crippen LogP contribution in [0.1, 0.15) is 58.1 Å². The van der Waals surface area contributed by atoms with Crippen LogP contribution in [0.25, 0.3) is 0 Å². The standard InChI is InChI=1S/C17H29NO/c1-12(2)18(13(3)4)10-9-15(6)16-11-14(5)7-8-17(16)19/h7-8,11-13,15,19H,9-10H2,1-6H3. The highest BCUT2D eigenvalue weighted by Gasteiger charge is 2.16. The Hall–Kier alpha value is -1.02. The Morgan fingerprint density at radius 1 is 1.05 bits per heavy atom. The van der Waals surface area contributed by atoms with Crippen molar-refractivity contribution >= 4 is 0 Å². The van der Waals surface area contributed by atoms with E-state index in [0.29, 0.717) is 23.8 Å². The van der Waals surface area contributed by atoms with E-state index in [1.165, 1.54) is 5.56 Å². The number of phenols is 1. The molecule has 0 aliphatic heterocycles. The fraction of sp³-hybridized carbons (Fsp3) is 0.647. The maximum atomic E-state index is 9.98. The summed E-state index contributed by atoms with van der Waals surface area (Å²) in [4.78, 5) is 2.50. The van der Waals surface area contributed by atoms with E-state index in [1.807, 2.05) is 12.1 Å². The van der Waals surface area contributed by atoms with Gasteiger partial charge in [0.15, 0.2) is 0 Å². The molecule has 0 heterocycles. The second-order valence-corrected chi connectivity index (χ2v) is 6.18. The van der Waals surface area contributed by atoms with Crippen molar-refractivity contribution < 1.29 is 5.11 Å². The maximum Gasteiger partial charge on any atom is 0.119 e. The molecule has 0 aliphatic carbocycles. The Balaban J connectivity index is 2.69. The second kappa shape index (κ2) is 6.95. The van der Waals surface area contributed by atoms with Gasteiger partial charge in [0, 0.05) is 12.1 Å². The minimum Gasteiger partial charge on any atom is -0.508 e. The molecule has 0 radical (unpaired) electrons. The van der Waals surface area contributed by atoms with E-state index >= 15 is 0 Å². The van der Waals surface area contributed by atoms with Crippen molar-refractivity contribution in [2.24, 2.45) is 0 Å². The summed E-state index contributed by atoms with van der Waals surface area (Å²) in [7, 11) is 0. The van der Waals surface area contributed by atoms with Gasteiger partial charge in [-0.15, -0.1) is 0 Å². The van der Waals surface area contributed by atoms with E-state index in [-0.39, 0.29) is 0 Å². The summed E-state index contributed by atoms with van der Waals surface area (Å²) in [6.45, 7) is 14.3. The number of nitrogens with zero attached hydrogens (tertiary/aromatic N) is 1. The van der Waals surface area contributed by atoms with Gasteiger partial charge in [0.25, 0.3) is 0 Å². The number of aryl methyl sites for hydroxylation is 1. The van der Waals surface area contributed by atoms with Gasteiger partial charge >= 0.3 is 0 Å². The molecule has 1 atom stereocenters. The summed E-state index contributed by atoms with van der Waals surface area (Å²) in [5, 5.41) is 9.98. The molecule has 1 unspecified atom stereocenters. The molecule has 1 aromatic carbocycles. The lowest BCUT2D eigenvalue weighted by molar-refractivity contribution is 0.169. The summed E-state index contributed by atoms with van der Waals surface area (Å²) < 4.78 is 0. The van der Waals surface area contributed by atoms with Gasteiger partial charge < -0.3 is 5.11 Å². The van der Waals surface area contributed by atoms with E-state index in [9.17, 15) is 5.11 Å². The highest BCUT2D eigenvalue weighted by atomic mass is 16.3. The number of benzene rings is 1. The minimum atomic E-state index is 0.389. The van der Waals surface area contributed by atoms with Crippen molar-refractivity contribution in [3.63, 3.8) is 0 Å². The van der Waals surface area contributed by atoms with Crippen LogP contribution in [-0.4, -0.2) is 28.6 Å². The van der Waals surface area contributed by atoms with Crippen LogP contribution in [0.3, 0.4) is 0 Å². The Morgan fingerprint density at radius 3 is 2.16 bits per heavy atom. The Labute approximate surface area is 118 Å². The normalized spacial score (nSPS) is 13.5. The third kappa shape index (κ3) is 4.54. The molecule has 2 nitrogen and oxygen atoms in total. The minimum absolute atomic E-state index is 0.389. The van der Waals surface area contributed by atoms with Gasteiger partial charge in [0.1, 0.15) is 5.75 Å². The molecule has 0 saturated heterocycles. The van der Waals surface area contributed by atoms with Crippen LogP contribution in [0, 0.1) is 6.92 Å². The summed E-state index contributed by atoms with van der Waals surface area (Å²) in [6.07, 6.45) is 1.08. The van der Waals surface area contributed by atoms with Crippen molar-refractivity contribution in [3.05, 3.63) is 29.3 Å². The van der Waals surface area contributed by atoms with Crippen LogP contribution in [0.2, 0.25) is 0 Å². The van der Waals surface area contributed by atoms with Gasteiger partial charge in [-0.05, 0) is 65.1 Å². The molecule has 1 aromatic rings. The van der Waals surface area contributed by atoms with Crippen molar-refractivity contribution in [1.82, 2.24) is 4.90 Å². The third-order valence-corrected chi connectivity index (χ3v) is 3.86. The van der Waals surface area contributed by atoms with Crippen LogP contribution in [-0.2, 0) is 0 Å². The second-order valence-electron chi connectivity index (χ2n) is 6.18. The third-order valence-electron chi connectivity index (χ3n) is 3.86. The summed E-state index contributed by atoms with van der Waals surface area (Å²) in [5.74, 6) is 0.818. The van der Waals surface area contributed by atoms with Gasteiger partial charge in [0.2, 0.25) is 0 Å². The topological polar surface area (TPSA) is 23.5 Å².